The number of carbonyl (C=O) groups is 2. The van der Waals surface area contributed by atoms with E-state index in [0.29, 0.717) is 42.6 Å². The van der Waals surface area contributed by atoms with E-state index >= 15 is 0 Å². The maximum atomic E-state index is 12.9. The summed E-state index contributed by atoms with van der Waals surface area (Å²) >= 11 is 0. The molecule has 8 nitrogen and oxygen atoms in total. The number of nitrogens with zero attached hydrogens (tertiary/aromatic N) is 2. The van der Waals surface area contributed by atoms with Gasteiger partial charge in [0.05, 0.1) is 11.0 Å². The molecule has 4 rings (SSSR count). The van der Waals surface area contributed by atoms with Crippen molar-refractivity contribution < 1.29 is 14.3 Å². The monoisotopic (exact) mass is 457 g/mol. The molecule has 174 valence electrons. The lowest BCUT2D eigenvalue weighted by atomic mass is 10.2. The number of para-hydroxylation sites is 3. The molecule has 34 heavy (non-hydrogen) atoms. The molecule has 8 heteroatoms. The van der Waals surface area contributed by atoms with E-state index in [2.05, 4.69) is 20.9 Å². The fraction of sp³-hybridized carbons (Fsp3) is 0.192. The molecule has 0 saturated heterocycles. The number of anilines is 3. The Labute approximate surface area is 198 Å². The highest BCUT2D eigenvalue weighted by atomic mass is 16.5. The van der Waals surface area contributed by atoms with Crippen LogP contribution in [0.2, 0.25) is 0 Å². The van der Waals surface area contributed by atoms with Crippen LogP contribution in [0.5, 0.6) is 0 Å². The van der Waals surface area contributed by atoms with Gasteiger partial charge in [0.15, 0.2) is 0 Å². The molecule has 0 spiro atoms. The van der Waals surface area contributed by atoms with Gasteiger partial charge >= 0.3 is 6.03 Å². The van der Waals surface area contributed by atoms with Gasteiger partial charge in [-0.25, -0.2) is 9.78 Å². The van der Waals surface area contributed by atoms with E-state index in [-0.39, 0.29) is 11.9 Å². The van der Waals surface area contributed by atoms with E-state index in [0.717, 1.165) is 17.5 Å². The average Bonchev–Trinajstić information content (AvgIpc) is 3.19. The molecule has 0 aliphatic rings. The molecule has 0 radical (unpaired) electrons. The van der Waals surface area contributed by atoms with Crippen molar-refractivity contribution in [2.24, 2.45) is 0 Å². The van der Waals surface area contributed by atoms with E-state index < -0.39 is 0 Å². The van der Waals surface area contributed by atoms with Crippen LogP contribution < -0.4 is 16.0 Å². The second kappa shape index (κ2) is 11.1. The number of carbonyl (C=O) groups excluding carboxylic acids is 2. The van der Waals surface area contributed by atoms with Gasteiger partial charge in [-0.3, -0.25) is 10.1 Å². The van der Waals surface area contributed by atoms with Gasteiger partial charge in [0, 0.05) is 36.7 Å². The van der Waals surface area contributed by atoms with Crippen LogP contribution in [0.15, 0.2) is 78.9 Å². The maximum Gasteiger partial charge on any atom is 0.323 e. The number of benzene rings is 3. The first-order valence-corrected chi connectivity index (χ1v) is 11.2. The van der Waals surface area contributed by atoms with Gasteiger partial charge in [-0.05, 0) is 61.9 Å². The SMILES string of the molecule is CCOCCCn1c(NC(=O)c2ccc(NC(=O)Nc3ccccc3)cc2)nc2ccccc21. The first kappa shape index (κ1) is 23.0. The summed E-state index contributed by atoms with van der Waals surface area (Å²) in [5.74, 6) is 0.216. The van der Waals surface area contributed by atoms with Crippen molar-refractivity contribution in [3.05, 3.63) is 84.4 Å². The molecular weight excluding hydrogens is 430 g/mol. The summed E-state index contributed by atoms with van der Waals surface area (Å²) in [7, 11) is 0. The molecule has 1 aromatic heterocycles. The number of ether oxygens (including phenoxy) is 1. The Morgan fingerprint density at radius 1 is 0.853 bits per heavy atom. The molecule has 3 N–H and O–H groups in total. The van der Waals surface area contributed by atoms with Crippen LogP contribution >= 0.6 is 0 Å². The molecular formula is C26H27N5O3. The minimum atomic E-state index is -0.357. The largest absolute Gasteiger partial charge is 0.382 e. The molecule has 0 aliphatic carbocycles. The van der Waals surface area contributed by atoms with Crippen molar-refractivity contribution >= 4 is 40.3 Å². The van der Waals surface area contributed by atoms with Crippen LogP contribution in [-0.2, 0) is 11.3 Å². The van der Waals surface area contributed by atoms with Crippen molar-refractivity contribution in [1.82, 2.24) is 9.55 Å². The van der Waals surface area contributed by atoms with Crippen molar-refractivity contribution in [2.45, 2.75) is 19.9 Å². The van der Waals surface area contributed by atoms with Gasteiger partial charge in [-0.1, -0.05) is 30.3 Å². The zero-order valence-electron chi connectivity index (χ0n) is 19.0. The number of hydrogen-bond donors (Lipinski definition) is 3. The number of urea groups is 1. The summed E-state index contributed by atoms with van der Waals surface area (Å²) in [4.78, 5) is 29.7. The summed E-state index contributed by atoms with van der Waals surface area (Å²) in [5.41, 5.74) is 3.51. The van der Waals surface area contributed by atoms with Crippen LogP contribution in [0, 0.1) is 0 Å². The Kier molecular flexibility index (Phi) is 7.52. The summed E-state index contributed by atoms with van der Waals surface area (Å²) in [6.07, 6.45) is 0.808. The summed E-state index contributed by atoms with van der Waals surface area (Å²) in [6.45, 7) is 3.96. The highest BCUT2D eigenvalue weighted by molar-refractivity contribution is 6.05. The van der Waals surface area contributed by atoms with E-state index in [1.165, 1.54) is 0 Å². The van der Waals surface area contributed by atoms with Gasteiger partial charge in [0.2, 0.25) is 5.95 Å². The number of nitrogens with one attached hydrogen (secondary N) is 3. The normalized spacial score (nSPS) is 10.7. The number of imidazole rings is 1. The second-order valence-electron chi connectivity index (χ2n) is 7.60. The average molecular weight is 458 g/mol. The van der Waals surface area contributed by atoms with Gasteiger partial charge in [-0.2, -0.15) is 0 Å². The zero-order valence-corrected chi connectivity index (χ0v) is 19.0. The van der Waals surface area contributed by atoms with Crippen LogP contribution in [0.1, 0.15) is 23.7 Å². The minimum Gasteiger partial charge on any atom is -0.382 e. The Morgan fingerprint density at radius 2 is 1.53 bits per heavy atom. The third-order valence-corrected chi connectivity index (χ3v) is 5.19. The zero-order chi connectivity index (χ0) is 23.8. The topological polar surface area (TPSA) is 97.3 Å². The summed E-state index contributed by atoms with van der Waals surface area (Å²) < 4.78 is 7.45. The Balaban J connectivity index is 1.42. The lowest BCUT2D eigenvalue weighted by molar-refractivity contribution is 0.102. The van der Waals surface area contributed by atoms with Crippen LogP contribution in [0.25, 0.3) is 11.0 Å². The number of fused-ring (bicyclic) bond motifs is 1. The lowest BCUT2D eigenvalue weighted by Gasteiger charge is -2.11. The van der Waals surface area contributed by atoms with Crippen molar-refractivity contribution in [3.8, 4) is 0 Å². The highest BCUT2D eigenvalue weighted by Gasteiger charge is 2.14. The van der Waals surface area contributed by atoms with Crippen molar-refractivity contribution in [1.29, 1.82) is 0 Å². The lowest BCUT2D eigenvalue weighted by Crippen LogP contribution is -2.19. The number of aromatic nitrogens is 2. The molecule has 3 aromatic carbocycles. The van der Waals surface area contributed by atoms with Crippen LogP contribution in [0.4, 0.5) is 22.1 Å². The van der Waals surface area contributed by atoms with Crippen molar-refractivity contribution in [2.75, 3.05) is 29.2 Å². The van der Waals surface area contributed by atoms with E-state index in [9.17, 15) is 9.59 Å². The first-order valence-electron chi connectivity index (χ1n) is 11.2. The molecule has 4 aromatic rings. The molecule has 1 heterocycles. The molecule has 0 atom stereocenters. The van der Waals surface area contributed by atoms with Gasteiger partial charge in [0.25, 0.3) is 5.91 Å². The van der Waals surface area contributed by atoms with Crippen LogP contribution in [0.3, 0.4) is 0 Å². The molecule has 0 aliphatic heterocycles. The molecule has 3 amide bonds. The summed E-state index contributed by atoms with van der Waals surface area (Å²) in [5, 5.41) is 8.43. The fourth-order valence-electron chi connectivity index (χ4n) is 3.56. The quantitative estimate of drug-likeness (QED) is 0.295. The molecule has 0 unspecified atom stereocenters. The van der Waals surface area contributed by atoms with Gasteiger partial charge in [0.1, 0.15) is 0 Å². The Morgan fingerprint density at radius 3 is 2.26 bits per heavy atom. The second-order valence-corrected chi connectivity index (χ2v) is 7.60. The van der Waals surface area contributed by atoms with E-state index in [1.807, 2.05) is 54.0 Å². The first-order chi connectivity index (χ1) is 16.6. The fourth-order valence-corrected chi connectivity index (χ4v) is 3.56. The predicted octanol–water partition coefficient (Wildman–Crippen LogP) is 5.36. The van der Waals surface area contributed by atoms with Gasteiger partial charge in [-0.15, -0.1) is 0 Å². The molecule has 0 bridgehead atoms. The van der Waals surface area contributed by atoms with Crippen molar-refractivity contribution in [3.63, 3.8) is 0 Å². The van der Waals surface area contributed by atoms with Crippen LogP contribution in [-0.4, -0.2) is 34.7 Å². The van der Waals surface area contributed by atoms with E-state index in [4.69, 9.17) is 4.74 Å². The number of aryl methyl sites for hydroxylation is 1. The predicted molar refractivity (Wildman–Crippen MR) is 134 cm³/mol. The standard InChI is InChI=1S/C26H27N5O3/c1-2-34-18-8-17-31-23-12-7-6-11-22(23)29-25(31)30-24(32)19-13-15-21(16-14-19)28-26(33)27-20-9-4-3-5-10-20/h3-7,9-16H,2,8,17-18H2,1H3,(H2,27,28,33)(H,29,30,32). The Bertz CT molecular complexity index is 1250. The highest BCUT2D eigenvalue weighted by Crippen LogP contribution is 2.21. The number of amides is 3. The smallest absolute Gasteiger partial charge is 0.323 e. The minimum absolute atomic E-state index is 0.276. The van der Waals surface area contributed by atoms with E-state index in [1.54, 1.807) is 36.4 Å². The Hall–Kier alpha value is -4.17. The third kappa shape index (κ3) is 5.79. The van der Waals surface area contributed by atoms with Gasteiger partial charge < -0.3 is 19.9 Å². The number of rotatable bonds is 9. The number of hydrogen-bond acceptors (Lipinski definition) is 4. The summed E-state index contributed by atoms with van der Waals surface area (Å²) in [6, 6.07) is 23.3. The molecule has 0 saturated carbocycles. The maximum absolute atomic E-state index is 12.9. The molecule has 0 fully saturated rings. The third-order valence-electron chi connectivity index (χ3n) is 5.19.